The van der Waals surface area contributed by atoms with Crippen molar-refractivity contribution in [3.05, 3.63) is 70.4 Å². The highest BCUT2D eigenvalue weighted by Crippen LogP contribution is 2.33. The van der Waals surface area contributed by atoms with Gasteiger partial charge in [0, 0.05) is 73.1 Å². The summed E-state index contributed by atoms with van der Waals surface area (Å²) in [5.41, 5.74) is 6.40. The first-order valence-corrected chi connectivity index (χ1v) is 11.8. The molecule has 0 unspecified atom stereocenters. The zero-order chi connectivity index (χ0) is 24.4. The highest BCUT2D eigenvalue weighted by atomic mass is 35.5. The van der Waals surface area contributed by atoms with E-state index in [0.29, 0.717) is 29.5 Å². The van der Waals surface area contributed by atoms with Gasteiger partial charge in [-0.05, 0) is 43.7 Å². The van der Waals surface area contributed by atoms with E-state index in [0.717, 1.165) is 40.9 Å². The fraction of sp³-hybridized carbons (Fsp3) is 0.346. The molecular formula is C26H30ClN5O2. The van der Waals surface area contributed by atoms with Crippen LogP contribution in [0.3, 0.4) is 0 Å². The lowest BCUT2D eigenvalue weighted by Crippen LogP contribution is -2.23. The van der Waals surface area contributed by atoms with Crippen LogP contribution in [0.4, 0.5) is 0 Å². The van der Waals surface area contributed by atoms with Gasteiger partial charge in [-0.25, -0.2) is 4.98 Å². The van der Waals surface area contributed by atoms with E-state index in [-0.39, 0.29) is 5.91 Å². The van der Waals surface area contributed by atoms with Crippen molar-refractivity contribution in [2.75, 3.05) is 20.7 Å². The minimum atomic E-state index is -0.112. The van der Waals surface area contributed by atoms with Gasteiger partial charge in [0.1, 0.15) is 11.4 Å². The largest absolute Gasteiger partial charge is 0.493 e. The Morgan fingerprint density at radius 2 is 1.97 bits per heavy atom. The van der Waals surface area contributed by atoms with Gasteiger partial charge in [-0.15, -0.1) is 0 Å². The summed E-state index contributed by atoms with van der Waals surface area (Å²) < 4.78 is 10.1. The summed E-state index contributed by atoms with van der Waals surface area (Å²) in [6.07, 6.45) is 6.61. The topological polar surface area (TPSA) is 64.7 Å². The molecule has 4 rings (SSSR count). The molecule has 0 atom stereocenters. The van der Waals surface area contributed by atoms with Crippen molar-refractivity contribution in [2.24, 2.45) is 7.05 Å². The monoisotopic (exact) mass is 479 g/mol. The lowest BCUT2D eigenvalue weighted by Gasteiger charge is -2.14. The summed E-state index contributed by atoms with van der Waals surface area (Å²) in [5.74, 6) is 0.588. The molecule has 0 fully saturated rings. The average molecular weight is 480 g/mol. The normalized spacial score (nSPS) is 11.2. The molecule has 0 saturated carbocycles. The maximum atomic E-state index is 12.6. The van der Waals surface area contributed by atoms with Gasteiger partial charge in [0.15, 0.2) is 5.69 Å². The summed E-state index contributed by atoms with van der Waals surface area (Å²) >= 11 is 6.32. The van der Waals surface area contributed by atoms with Crippen molar-refractivity contribution in [1.29, 1.82) is 0 Å². The van der Waals surface area contributed by atoms with Gasteiger partial charge >= 0.3 is 0 Å². The molecule has 34 heavy (non-hydrogen) atoms. The first kappa shape index (κ1) is 23.8. The Labute approximate surface area is 204 Å². The molecular weight excluding hydrogens is 450 g/mol. The predicted octanol–water partition coefficient (Wildman–Crippen LogP) is 4.97. The second-order valence-electron chi connectivity index (χ2n) is 8.62. The van der Waals surface area contributed by atoms with Gasteiger partial charge in [0.05, 0.1) is 6.61 Å². The zero-order valence-electron chi connectivity index (χ0n) is 20.3. The Balaban J connectivity index is 1.61. The van der Waals surface area contributed by atoms with Crippen molar-refractivity contribution in [3.63, 3.8) is 0 Å². The number of ether oxygens (including phenoxy) is 1. The standard InChI is InChI=1S/C26H30ClN5O2/c1-6-7-20-15-28-24-11-8-18(16-32(20)24)22-10-9-19(27)14-23(22)34-13-12-21-17(2)31(5)29-25(21)26(33)30(3)4/h8-11,14-16H,6-7,12-13H2,1-5H3. The fourth-order valence-corrected chi connectivity index (χ4v) is 4.25. The highest BCUT2D eigenvalue weighted by molar-refractivity contribution is 6.30. The molecule has 7 nitrogen and oxygen atoms in total. The van der Waals surface area contributed by atoms with Crippen LogP contribution < -0.4 is 4.74 Å². The number of nitrogens with zero attached hydrogens (tertiary/aromatic N) is 5. The van der Waals surface area contributed by atoms with Crippen molar-refractivity contribution < 1.29 is 9.53 Å². The minimum Gasteiger partial charge on any atom is -0.493 e. The van der Waals surface area contributed by atoms with Gasteiger partial charge in [-0.3, -0.25) is 9.48 Å². The van der Waals surface area contributed by atoms with Gasteiger partial charge in [0.25, 0.3) is 5.91 Å². The first-order chi connectivity index (χ1) is 16.3. The molecule has 0 bridgehead atoms. The van der Waals surface area contributed by atoms with Crippen LogP contribution in [0.5, 0.6) is 5.75 Å². The molecule has 1 amide bonds. The Morgan fingerprint density at radius 1 is 1.18 bits per heavy atom. The van der Waals surface area contributed by atoms with E-state index >= 15 is 0 Å². The maximum Gasteiger partial charge on any atom is 0.274 e. The Kier molecular flexibility index (Phi) is 6.93. The van der Waals surface area contributed by atoms with Crippen LogP contribution in [-0.2, 0) is 19.9 Å². The van der Waals surface area contributed by atoms with Crippen LogP contribution in [0.1, 0.15) is 40.8 Å². The fourth-order valence-electron chi connectivity index (χ4n) is 4.08. The summed E-state index contributed by atoms with van der Waals surface area (Å²) in [7, 11) is 5.31. The Bertz CT molecular complexity index is 1340. The van der Waals surface area contributed by atoms with E-state index in [1.807, 2.05) is 50.5 Å². The molecule has 0 saturated heterocycles. The van der Waals surface area contributed by atoms with E-state index in [1.54, 1.807) is 23.7 Å². The van der Waals surface area contributed by atoms with Crippen LogP contribution in [0.2, 0.25) is 5.02 Å². The number of imidazole rings is 1. The SMILES string of the molecule is CCCc1cnc2ccc(-c3ccc(Cl)cc3OCCc3c(C(=O)N(C)C)nn(C)c3C)cn12. The molecule has 0 N–H and O–H groups in total. The number of carbonyl (C=O) groups excluding carboxylic acids is 1. The number of carbonyl (C=O) groups is 1. The van der Waals surface area contributed by atoms with Crippen molar-refractivity contribution in [1.82, 2.24) is 24.1 Å². The summed E-state index contributed by atoms with van der Waals surface area (Å²) in [6, 6.07) is 9.75. The molecule has 4 aromatic rings. The van der Waals surface area contributed by atoms with E-state index in [4.69, 9.17) is 16.3 Å². The van der Waals surface area contributed by atoms with Gasteiger partial charge in [0.2, 0.25) is 0 Å². The van der Waals surface area contributed by atoms with E-state index in [1.165, 1.54) is 5.69 Å². The van der Waals surface area contributed by atoms with Crippen LogP contribution in [0.15, 0.2) is 42.7 Å². The Morgan fingerprint density at radius 3 is 2.71 bits per heavy atom. The molecule has 178 valence electrons. The molecule has 3 heterocycles. The highest BCUT2D eigenvalue weighted by Gasteiger charge is 2.21. The Hall–Kier alpha value is -3.32. The van der Waals surface area contributed by atoms with E-state index in [2.05, 4.69) is 27.6 Å². The second kappa shape index (κ2) is 9.89. The number of aromatic nitrogens is 4. The number of hydrogen-bond donors (Lipinski definition) is 0. The van der Waals surface area contributed by atoms with E-state index < -0.39 is 0 Å². The van der Waals surface area contributed by atoms with Gasteiger partial charge < -0.3 is 14.0 Å². The van der Waals surface area contributed by atoms with Crippen molar-refractivity contribution in [2.45, 2.75) is 33.1 Å². The zero-order valence-corrected chi connectivity index (χ0v) is 21.1. The third-order valence-corrected chi connectivity index (χ3v) is 6.25. The van der Waals surface area contributed by atoms with Crippen LogP contribution in [0, 0.1) is 6.92 Å². The van der Waals surface area contributed by atoms with Crippen LogP contribution in [-0.4, -0.2) is 50.7 Å². The van der Waals surface area contributed by atoms with Gasteiger partial charge in [-0.2, -0.15) is 5.10 Å². The molecule has 3 aromatic heterocycles. The summed E-state index contributed by atoms with van der Waals surface area (Å²) in [6.45, 7) is 4.52. The number of halogens is 1. The molecule has 0 radical (unpaired) electrons. The molecule has 0 spiro atoms. The smallest absolute Gasteiger partial charge is 0.274 e. The van der Waals surface area contributed by atoms with Crippen LogP contribution in [0.25, 0.3) is 16.8 Å². The number of fused-ring (bicyclic) bond motifs is 1. The molecule has 0 aliphatic heterocycles. The van der Waals surface area contributed by atoms with Gasteiger partial charge in [-0.1, -0.05) is 24.9 Å². The third kappa shape index (κ3) is 4.66. The minimum absolute atomic E-state index is 0.112. The van der Waals surface area contributed by atoms with Crippen molar-refractivity contribution >= 4 is 23.2 Å². The lowest BCUT2D eigenvalue weighted by molar-refractivity contribution is 0.0820. The third-order valence-electron chi connectivity index (χ3n) is 6.02. The number of aryl methyl sites for hydroxylation is 2. The number of pyridine rings is 1. The van der Waals surface area contributed by atoms with Crippen molar-refractivity contribution in [3.8, 4) is 16.9 Å². The average Bonchev–Trinajstić information content (AvgIpc) is 3.34. The van der Waals surface area contributed by atoms with E-state index in [9.17, 15) is 4.79 Å². The molecule has 0 aliphatic carbocycles. The van der Waals surface area contributed by atoms with Crippen LogP contribution >= 0.6 is 11.6 Å². The maximum absolute atomic E-state index is 12.6. The lowest BCUT2D eigenvalue weighted by atomic mass is 10.1. The number of rotatable bonds is 8. The molecule has 8 heteroatoms. The predicted molar refractivity (Wildman–Crippen MR) is 135 cm³/mol. The summed E-state index contributed by atoms with van der Waals surface area (Å²) in [5, 5.41) is 5.03. The quantitative estimate of drug-likeness (QED) is 0.358. The number of benzene rings is 1. The number of hydrogen-bond acceptors (Lipinski definition) is 4. The number of amides is 1. The first-order valence-electron chi connectivity index (χ1n) is 11.4. The molecule has 0 aliphatic rings. The summed E-state index contributed by atoms with van der Waals surface area (Å²) in [4.78, 5) is 18.6. The molecule has 1 aromatic carbocycles. The second-order valence-corrected chi connectivity index (χ2v) is 9.06.